The summed E-state index contributed by atoms with van der Waals surface area (Å²) >= 11 is 0. The van der Waals surface area contributed by atoms with E-state index in [1.165, 1.54) is 0 Å². The molecule has 0 aliphatic carbocycles. The Balaban J connectivity index is 1.24. The fourth-order valence-corrected chi connectivity index (χ4v) is 4.67. The van der Waals surface area contributed by atoms with Crippen molar-refractivity contribution >= 4 is 46.2 Å². The molecule has 1 amide bonds. The summed E-state index contributed by atoms with van der Waals surface area (Å²) in [6, 6.07) is 9.21. The lowest BCUT2D eigenvalue weighted by Gasteiger charge is -2.40. The predicted octanol–water partition coefficient (Wildman–Crippen LogP) is 4.98. The average Bonchev–Trinajstić information content (AvgIpc) is 3.26. The molecule has 0 spiro atoms. The van der Waals surface area contributed by atoms with E-state index < -0.39 is 17.5 Å². The third-order valence-corrected chi connectivity index (χ3v) is 6.64. The zero-order valence-electron chi connectivity index (χ0n) is 23.2. The minimum atomic E-state index is -0.542. The van der Waals surface area contributed by atoms with E-state index in [-0.39, 0.29) is 12.1 Å². The van der Waals surface area contributed by atoms with Crippen molar-refractivity contribution in [3.63, 3.8) is 0 Å². The molecule has 1 fully saturated rings. The van der Waals surface area contributed by atoms with Crippen LogP contribution in [0, 0.1) is 6.92 Å². The van der Waals surface area contributed by atoms with Gasteiger partial charge >= 0.3 is 11.8 Å². The number of ether oxygens (including phenoxy) is 1. The normalized spacial score (nSPS) is 17.5. The number of nitrogens with zero attached hydrogens (tertiary/aromatic N) is 4. The number of aryl methyl sites for hydroxylation is 1. The lowest BCUT2D eigenvalue weighted by atomic mass is 9.97. The van der Waals surface area contributed by atoms with Crippen molar-refractivity contribution in [2.24, 2.45) is 0 Å². The van der Waals surface area contributed by atoms with E-state index in [9.17, 15) is 9.59 Å². The Morgan fingerprint density at radius 3 is 2.67 bits per heavy atom. The Morgan fingerprint density at radius 1 is 1.12 bits per heavy atom. The van der Waals surface area contributed by atoms with Gasteiger partial charge in [0.1, 0.15) is 17.2 Å². The fraction of sp³-hybridized carbons (Fsp3) is 0.393. The number of aromatic nitrogens is 4. The van der Waals surface area contributed by atoms with Crippen LogP contribution in [0.25, 0.3) is 11.1 Å². The summed E-state index contributed by atoms with van der Waals surface area (Å²) in [5, 5.41) is 9.50. The molecule has 1 aliphatic rings. The first-order valence-corrected chi connectivity index (χ1v) is 13.3. The summed E-state index contributed by atoms with van der Waals surface area (Å²) in [4.78, 5) is 42.3. The Kier molecular flexibility index (Phi) is 7.33. The molecule has 3 aromatic heterocycles. The van der Waals surface area contributed by atoms with E-state index in [1.807, 2.05) is 45.9 Å². The number of hydrogen-bond acceptors (Lipinski definition) is 10. The van der Waals surface area contributed by atoms with Crippen LogP contribution >= 0.6 is 0 Å². The summed E-state index contributed by atoms with van der Waals surface area (Å²) in [5.41, 5.74) is 2.89. The summed E-state index contributed by atoms with van der Waals surface area (Å²) in [7, 11) is 0. The van der Waals surface area contributed by atoms with Gasteiger partial charge in [0.25, 0.3) is 0 Å². The number of carbonyl (C=O) groups excluding carboxylic acids is 1. The molecular weight excluding hydrogens is 512 g/mol. The van der Waals surface area contributed by atoms with Gasteiger partial charge in [-0.1, -0.05) is 0 Å². The zero-order valence-corrected chi connectivity index (χ0v) is 23.2. The number of anilines is 5. The molecule has 40 heavy (non-hydrogen) atoms. The van der Waals surface area contributed by atoms with Crippen molar-refractivity contribution < 1.29 is 13.9 Å². The van der Waals surface area contributed by atoms with Crippen LogP contribution < -0.4 is 26.6 Å². The SMILES string of the molecule is Cc1cnc(Nc2ccc(N3CCC[C@@H](NC(=O)OC(C)(C)C)[C@H]3C)nc2)nc1Nc1ccc2oc(=O)[nH]c2c1. The van der Waals surface area contributed by atoms with Crippen LogP contribution in [0.2, 0.25) is 0 Å². The summed E-state index contributed by atoms with van der Waals surface area (Å²) in [6.45, 7) is 10.4. The number of oxazole rings is 1. The smallest absolute Gasteiger partial charge is 0.417 e. The van der Waals surface area contributed by atoms with E-state index in [2.05, 4.69) is 47.7 Å². The number of carbonyl (C=O) groups is 1. The topological polar surface area (TPSA) is 150 Å². The van der Waals surface area contributed by atoms with Crippen molar-refractivity contribution in [3.8, 4) is 0 Å². The molecule has 0 saturated carbocycles. The number of hydrogen-bond donors (Lipinski definition) is 4. The van der Waals surface area contributed by atoms with Gasteiger partial charge in [0.15, 0.2) is 5.58 Å². The van der Waals surface area contributed by atoms with E-state index in [4.69, 9.17) is 9.15 Å². The molecule has 1 saturated heterocycles. The van der Waals surface area contributed by atoms with Crippen molar-refractivity contribution in [1.29, 1.82) is 0 Å². The average molecular weight is 547 g/mol. The first-order chi connectivity index (χ1) is 19.0. The molecule has 210 valence electrons. The molecule has 5 rings (SSSR count). The third-order valence-electron chi connectivity index (χ3n) is 6.64. The van der Waals surface area contributed by atoms with Crippen molar-refractivity contribution in [2.75, 3.05) is 22.1 Å². The molecule has 12 nitrogen and oxygen atoms in total. The van der Waals surface area contributed by atoms with E-state index in [0.29, 0.717) is 22.9 Å². The highest BCUT2D eigenvalue weighted by molar-refractivity contribution is 5.78. The van der Waals surface area contributed by atoms with Crippen LogP contribution in [-0.2, 0) is 4.74 Å². The van der Waals surface area contributed by atoms with Crippen LogP contribution in [0.4, 0.5) is 33.8 Å². The summed E-state index contributed by atoms with van der Waals surface area (Å²) in [5.74, 6) is 1.36. The Labute approximate surface area is 231 Å². The van der Waals surface area contributed by atoms with E-state index in [1.54, 1.807) is 24.5 Å². The van der Waals surface area contributed by atoms with Gasteiger partial charge in [-0.2, -0.15) is 4.98 Å². The molecule has 1 aliphatic heterocycles. The van der Waals surface area contributed by atoms with Gasteiger partial charge in [-0.25, -0.2) is 19.6 Å². The third kappa shape index (κ3) is 6.33. The van der Waals surface area contributed by atoms with Crippen LogP contribution in [-0.4, -0.2) is 50.3 Å². The van der Waals surface area contributed by atoms with Gasteiger partial charge < -0.3 is 30.0 Å². The van der Waals surface area contributed by atoms with Crippen LogP contribution in [0.15, 0.2) is 51.9 Å². The maximum absolute atomic E-state index is 12.3. The van der Waals surface area contributed by atoms with Crippen LogP contribution in [0.3, 0.4) is 0 Å². The van der Waals surface area contributed by atoms with Crippen molar-refractivity contribution in [2.45, 2.75) is 65.1 Å². The molecule has 0 radical (unpaired) electrons. The van der Waals surface area contributed by atoms with Crippen LogP contribution in [0.5, 0.6) is 0 Å². The van der Waals surface area contributed by atoms with Gasteiger partial charge in [-0.3, -0.25) is 4.98 Å². The first kappa shape index (κ1) is 27.0. The van der Waals surface area contributed by atoms with Gasteiger partial charge in [0, 0.05) is 30.0 Å². The molecular formula is C28H34N8O4. The second-order valence-electron chi connectivity index (χ2n) is 10.9. The van der Waals surface area contributed by atoms with Gasteiger partial charge in [0.2, 0.25) is 5.95 Å². The number of aromatic amines is 1. The Bertz CT molecular complexity index is 1560. The fourth-order valence-electron chi connectivity index (χ4n) is 4.67. The predicted molar refractivity (Wildman–Crippen MR) is 154 cm³/mol. The minimum absolute atomic E-state index is 0.0375. The van der Waals surface area contributed by atoms with Crippen molar-refractivity contribution in [3.05, 3.63) is 58.8 Å². The number of piperidine rings is 1. The number of benzene rings is 1. The summed E-state index contributed by atoms with van der Waals surface area (Å²) < 4.78 is 10.5. The Hall–Kier alpha value is -4.61. The Morgan fingerprint density at radius 2 is 1.93 bits per heavy atom. The molecule has 0 bridgehead atoms. The molecule has 4 N–H and O–H groups in total. The number of rotatable bonds is 6. The quantitative estimate of drug-likeness (QED) is 0.261. The molecule has 0 unspecified atom stereocenters. The van der Waals surface area contributed by atoms with E-state index >= 15 is 0 Å². The number of H-pyrrole nitrogens is 1. The maximum atomic E-state index is 12.3. The van der Waals surface area contributed by atoms with Gasteiger partial charge in [-0.15, -0.1) is 0 Å². The number of nitrogens with one attached hydrogen (secondary N) is 4. The second kappa shape index (κ2) is 10.9. The van der Waals surface area contributed by atoms with Gasteiger partial charge in [-0.05, 0) is 77.8 Å². The van der Waals surface area contributed by atoms with Crippen molar-refractivity contribution in [1.82, 2.24) is 25.3 Å². The second-order valence-corrected chi connectivity index (χ2v) is 10.9. The number of fused-ring (bicyclic) bond motifs is 1. The first-order valence-electron chi connectivity index (χ1n) is 13.3. The molecule has 4 aromatic rings. The minimum Gasteiger partial charge on any atom is -0.444 e. The highest BCUT2D eigenvalue weighted by Crippen LogP contribution is 2.26. The number of pyridine rings is 1. The largest absolute Gasteiger partial charge is 0.444 e. The monoisotopic (exact) mass is 546 g/mol. The molecule has 12 heteroatoms. The lowest BCUT2D eigenvalue weighted by Crippen LogP contribution is -2.55. The summed E-state index contributed by atoms with van der Waals surface area (Å²) in [6.07, 6.45) is 4.88. The maximum Gasteiger partial charge on any atom is 0.417 e. The van der Waals surface area contributed by atoms with Crippen LogP contribution in [0.1, 0.15) is 46.1 Å². The highest BCUT2D eigenvalue weighted by atomic mass is 16.6. The zero-order chi connectivity index (χ0) is 28.4. The highest BCUT2D eigenvalue weighted by Gasteiger charge is 2.31. The molecule has 1 aromatic carbocycles. The number of amides is 1. The number of alkyl carbamates (subject to hydrolysis) is 1. The lowest BCUT2D eigenvalue weighted by molar-refractivity contribution is 0.0489. The standard InChI is InChI=1S/C28H34N8O4/c1-16-14-30-25(35-24(16)31-18-8-10-22-21(13-18)34-26(37)39-22)32-19-9-11-23(29-15-19)36-12-6-7-20(17(36)2)33-27(38)40-28(3,4)5/h8-11,13-15,17,20H,6-7,12H2,1-5H3,(H,33,38)(H,34,37)(H2,30,31,32,35)/t17-,20-/m1/s1. The van der Waals surface area contributed by atoms with E-state index in [0.717, 1.165) is 42.1 Å². The molecule has 4 heterocycles. The van der Waals surface area contributed by atoms with Gasteiger partial charge in [0.05, 0.1) is 23.4 Å². The molecule has 2 atom stereocenters.